The topological polar surface area (TPSA) is 86.8 Å². The van der Waals surface area contributed by atoms with Gasteiger partial charge < -0.3 is 10.2 Å². The van der Waals surface area contributed by atoms with Crippen LogP contribution in [0, 0.1) is 6.92 Å². The predicted molar refractivity (Wildman–Crippen MR) is 162 cm³/mol. The molecule has 0 aliphatic heterocycles. The molecule has 0 aromatic heterocycles. The third-order valence-corrected chi connectivity index (χ3v) is 8.70. The quantitative estimate of drug-likeness (QED) is 0.250. The molecule has 0 aliphatic rings. The number of amides is 2. The molecule has 11 heteroatoms. The number of sulfonamides is 1. The normalized spacial score (nSPS) is 12.1. The van der Waals surface area contributed by atoms with Gasteiger partial charge in [0.15, 0.2) is 0 Å². The van der Waals surface area contributed by atoms with Gasteiger partial charge in [-0.3, -0.25) is 13.9 Å². The van der Waals surface area contributed by atoms with Crippen LogP contribution in [0.5, 0.6) is 0 Å². The zero-order valence-electron chi connectivity index (χ0n) is 22.5. The third kappa shape index (κ3) is 8.13. The lowest BCUT2D eigenvalue weighted by Crippen LogP contribution is -2.52. The van der Waals surface area contributed by atoms with Gasteiger partial charge in [-0.1, -0.05) is 78.5 Å². The van der Waals surface area contributed by atoms with Crippen LogP contribution >= 0.6 is 34.8 Å². The number of hydrogen-bond donors (Lipinski definition) is 1. The molecule has 0 heterocycles. The molecule has 0 spiro atoms. The highest BCUT2D eigenvalue weighted by Gasteiger charge is 2.33. The number of nitrogens with one attached hydrogen (secondary N) is 1. The minimum Gasteiger partial charge on any atom is -0.354 e. The van der Waals surface area contributed by atoms with Crippen molar-refractivity contribution in [2.24, 2.45) is 0 Å². The maximum absolute atomic E-state index is 14.0. The van der Waals surface area contributed by atoms with Crippen LogP contribution in [0.1, 0.15) is 37.8 Å². The standard InChI is InChI=1S/C29H32Cl3N3O4S/c1-4-14-33-29(37)27(5-2)34(18-21-8-10-22(30)11-9-21)28(36)19-35(25-16-23(31)15-24(32)17-25)40(38,39)26-12-6-20(3)7-13-26/h6-13,15-17,27H,4-5,14,18-19H2,1-3H3,(H,33,37)/t27-/m1/s1. The van der Waals surface area contributed by atoms with Crippen molar-refractivity contribution in [1.29, 1.82) is 0 Å². The summed E-state index contributed by atoms with van der Waals surface area (Å²) >= 11 is 18.5. The molecule has 0 radical (unpaired) electrons. The van der Waals surface area contributed by atoms with E-state index in [1.54, 1.807) is 43.3 Å². The molecule has 1 N–H and O–H groups in total. The number of benzene rings is 3. The first-order valence-electron chi connectivity index (χ1n) is 12.8. The summed E-state index contributed by atoms with van der Waals surface area (Å²) in [7, 11) is -4.23. The first-order chi connectivity index (χ1) is 19.0. The lowest BCUT2D eigenvalue weighted by atomic mass is 10.1. The van der Waals surface area contributed by atoms with E-state index >= 15 is 0 Å². The van der Waals surface area contributed by atoms with Crippen molar-refractivity contribution in [3.8, 4) is 0 Å². The molecule has 3 rings (SSSR count). The second-order valence-electron chi connectivity index (χ2n) is 9.32. The maximum atomic E-state index is 14.0. The van der Waals surface area contributed by atoms with E-state index in [9.17, 15) is 18.0 Å². The van der Waals surface area contributed by atoms with Crippen molar-refractivity contribution in [2.45, 2.75) is 51.1 Å². The molecule has 0 aliphatic carbocycles. The molecule has 3 aromatic carbocycles. The summed E-state index contributed by atoms with van der Waals surface area (Å²) < 4.78 is 28.8. The first-order valence-corrected chi connectivity index (χ1v) is 15.4. The third-order valence-electron chi connectivity index (χ3n) is 6.22. The van der Waals surface area contributed by atoms with E-state index in [1.165, 1.54) is 35.2 Å². The SMILES string of the molecule is CCCNC(=O)[C@@H](CC)N(Cc1ccc(Cl)cc1)C(=O)CN(c1cc(Cl)cc(Cl)c1)S(=O)(=O)c1ccc(C)cc1. The van der Waals surface area contributed by atoms with E-state index < -0.39 is 28.5 Å². The van der Waals surface area contributed by atoms with Crippen LogP contribution in [0.3, 0.4) is 0 Å². The number of aryl methyl sites for hydroxylation is 1. The van der Waals surface area contributed by atoms with Crippen molar-refractivity contribution in [3.05, 3.63) is 92.9 Å². The summed E-state index contributed by atoms with van der Waals surface area (Å²) in [6.45, 7) is 5.52. The Bertz CT molecular complexity index is 1410. The molecule has 3 aromatic rings. The van der Waals surface area contributed by atoms with Gasteiger partial charge in [-0.15, -0.1) is 0 Å². The Hall–Kier alpha value is -2.78. The molecule has 40 heavy (non-hydrogen) atoms. The highest BCUT2D eigenvalue weighted by molar-refractivity contribution is 7.92. The van der Waals surface area contributed by atoms with E-state index in [0.29, 0.717) is 18.0 Å². The van der Waals surface area contributed by atoms with Crippen molar-refractivity contribution in [3.63, 3.8) is 0 Å². The molecule has 0 fully saturated rings. The zero-order chi connectivity index (χ0) is 29.4. The van der Waals surface area contributed by atoms with Crippen molar-refractivity contribution in [1.82, 2.24) is 10.2 Å². The minimum atomic E-state index is -4.23. The summed E-state index contributed by atoms with van der Waals surface area (Å²) in [6, 6.07) is 16.7. The number of carbonyl (C=O) groups excluding carboxylic acids is 2. The molecule has 0 unspecified atom stereocenters. The minimum absolute atomic E-state index is 0.000945. The van der Waals surface area contributed by atoms with Gasteiger partial charge in [-0.2, -0.15) is 0 Å². The molecule has 0 bridgehead atoms. The van der Waals surface area contributed by atoms with Gasteiger partial charge in [0.1, 0.15) is 12.6 Å². The molecule has 0 saturated carbocycles. The van der Waals surface area contributed by atoms with Crippen LogP contribution in [0.4, 0.5) is 5.69 Å². The second kappa shape index (κ2) is 14.2. The summed E-state index contributed by atoms with van der Waals surface area (Å²) in [5.41, 5.74) is 1.74. The fraction of sp³-hybridized carbons (Fsp3) is 0.310. The molecule has 7 nitrogen and oxygen atoms in total. The first kappa shape index (κ1) is 31.7. The van der Waals surface area contributed by atoms with Crippen LogP contribution in [0.25, 0.3) is 0 Å². The van der Waals surface area contributed by atoms with E-state index in [2.05, 4.69) is 5.32 Å². The summed E-state index contributed by atoms with van der Waals surface area (Å²) in [5, 5.41) is 3.81. The fourth-order valence-electron chi connectivity index (χ4n) is 4.12. The van der Waals surface area contributed by atoms with Crippen LogP contribution in [0.15, 0.2) is 71.6 Å². The van der Waals surface area contributed by atoms with Crippen molar-refractivity contribution < 1.29 is 18.0 Å². The second-order valence-corrected chi connectivity index (χ2v) is 12.5. The Morgan fingerprint density at radius 1 is 0.875 bits per heavy atom. The van der Waals surface area contributed by atoms with Gasteiger partial charge in [0.05, 0.1) is 10.6 Å². The average Bonchev–Trinajstić information content (AvgIpc) is 2.91. The van der Waals surface area contributed by atoms with Crippen LogP contribution in [-0.4, -0.2) is 44.3 Å². The van der Waals surface area contributed by atoms with Gasteiger partial charge in [0.2, 0.25) is 11.8 Å². The van der Waals surface area contributed by atoms with Gasteiger partial charge >= 0.3 is 0 Å². The van der Waals surface area contributed by atoms with Crippen LogP contribution < -0.4 is 9.62 Å². The Morgan fingerprint density at radius 3 is 2.02 bits per heavy atom. The van der Waals surface area contributed by atoms with Crippen LogP contribution in [-0.2, 0) is 26.2 Å². The molecule has 0 saturated heterocycles. The monoisotopic (exact) mass is 623 g/mol. The highest BCUT2D eigenvalue weighted by Crippen LogP contribution is 2.30. The zero-order valence-corrected chi connectivity index (χ0v) is 25.6. The Balaban J connectivity index is 2.08. The number of hydrogen-bond acceptors (Lipinski definition) is 4. The van der Waals surface area contributed by atoms with Crippen molar-refractivity contribution >= 4 is 62.3 Å². The van der Waals surface area contributed by atoms with E-state index in [0.717, 1.165) is 21.9 Å². The van der Waals surface area contributed by atoms with E-state index in [-0.39, 0.29) is 33.1 Å². The molecular weight excluding hydrogens is 593 g/mol. The van der Waals surface area contributed by atoms with E-state index in [4.69, 9.17) is 34.8 Å². The Labute approximate surface area is 251 Å². The van der Waals surface area contributed by atoms with Gasteiger partial charge in [-0.05, 0) is 67.8 Å². The fourth-order valence-corrected chi connectivity index (χ4v) is 6.16. The summed E-state index contributed by atoms with van der Waals surface area (Å²) in [4.78, 5) is 28.6. The molecule has 2 amide bonds. The van der Waals surface area contributed by atoms with E-state index in [1.807, 2.05) is 13.8 Å². The number of anilines is 1. The number of rotatable bonds is 12. The number of halogens is 3. The molecular formula is C29H32Cl3N3O4S. The Kier molecular flexibility index (Phi) is 11.3. The van der Waals surface area contributed by atoms with Crippen LogP contribution in [0.2, 0.25) is 15.1 Å². The number of nitrogens with zero attached hydrogens (tertiary/aromatic N) is 2. The summed E-state index contributed by atoms with van der Waals surface area (Å²) in [5.74, 6) is -0.884. The van der Waals surface area contributed by atoms with Gasteiger partial charge in [0, 0.05) is 28.2 Å². The number of carbonyl (C=O) groups is 2. The Morgan fingerprint density at radius 2 is 1.48 bits per heavy atom. The molecule has 214 valence electrons. The predicted octanol–water partition coefficient (Wildman–Crippen LogP) is 6.48. The smallest absolute Gasteiger partial charge is 0.264 e. The lowest BCUT2D eigenvalue weighted by molar-refractivity contribution is -0.140. The van der Waals surface area contributed by atoms with Gasteiger partial charge in [-0.25, -0.2) is 8.42 Å². The highest BCUT2D eigenvalue weighted by atomic mass is 35.5. The van der Waals surface area contributed by atoms with Gasteiger partial charge in [0.25, 0.3) is 10.0 Å². The lowest BCUT2D eigenvalue weighted by Gasteiger charge is -2.33. The largest absolute Gasteiger partial charge is 0.354 e. The van der Waals surface area contributed by atoms with Crippen molar-refractivity contribution in [2.75, 3.05) is 17.4 Å². The summed E-state index contributed by atoms with van der Waals surface area (Å²) in [6.07, 6.45) is 1.05. The maximum Gasteiger partial charge on any atom is 0.264 e. The molecule has 1 atom stereocenters. The average molecular weight is 625 g/mol.